The summed E-state index contributed by atoms with van der Waals surface area (Å²) in [6, 6.07) is 0. The summed E-state index contributed by atoms with van der Waals surface area (Å²) in [5.74, 6) is -0.891. The van der Waals surface area contributed by atoms with Crippen molar-refractivity contribution in [1.82, 2.24) is 0 Å². The average Bonchev–Trinajstić information content (AvgIpc) is 2.04. The Kier molecular flexibility index (Phi) is 2.96. The fourth-order valence-electron chi connectivity index (χ4n) is 2.11. The number of aliphatic carboxylic acids is 1. The van der Waals surface area contributed by atoms with Gasteiger partial charge < -0.3 is 10.2 Å². The number of hydrogen-bond acceptors (Lipinski definition) is 2. The van der Waals surface area contributed by atoms with Gasteiger partial charge in [-0.3, -0.25) is 4.79 Å². The summed E-state index contributed by atoms with van der Waals surface area (Å²) in [4.78, 5) is 11.0. The largest absolute Gasteiger partial charge is 0.481 e. The summed E-state index contributed by atoms with van der Waals surface area (Å²) in [6.07, 6.45) is 3.22. The van der Waals surface area contributed by atoms with Gasteiger partial charge in [-0.1, -0.05) is 12.8 Å². The number of aliphatic hydroxyl groups excluding tert-OH is 1. The van der Waals surface area contributed by atoms with Gasteiger partial charge in [0.25, 0.3) is 0 Å². The van der Waals surface area contributed by atoms with Crippen molar-refractivity contribution in [2.45, 2.75) is 45.6 Å². The van der Waals surface area contributed by atoms with E-state index in [2.05, 4.69) is 0 Å². The lowest BCUT2D eigenvalue weighted by Crippen LogP contribution is -2.41. The molecule has 13 heavy (non-hydrogen) atoms. The third kappa shape index (κ3) is 2.02. The number of carboxylic acids is 1. The molecule has 2 N–H and O–H groups in total. The summed E-state index contributed by atoms with van der Waals surface area (Å²) in [6.45, 7) is 3.41. The first-order chi connectivity index (χ1) is 5.96. The van der Waals surface area contributed by atoms with Crippen molar-refractivity contribution in [2.75, 3.05) is 0 Å². The van der Waals surface area contributed by atoms with E-state index in [1.54, 1.807) is 13.8 Å². The predicted octanol–water partition coefficient (Wildman–Crippen LogP) is 1.65. The van der Waals surface area contributed by atoms with Gasteiger partial charge in [0, 0.05) is 5.92 Å². The van der Waals surface area contributed by atoms with Crippen LogP contribution < -0.4 is 0 Å². The van der Waals surface area contributed by atoms with E-state index in [4.69, 9.17) is 5.11 Å². The molecular weight excluding hydrogens is 168 g/mol. The van der Waals surface area contributed by atoms with Gasteiger partial charge >= 0.3 is 5.97 Å². The van der Waals surface area contributed by atoms with Crippen LogP contribution in [0.1, 0.15) is 39.5 Å². The molecule has 3 nitrogen and oxygen atoms in total. The van der Waals surface area contributed by atoms with Gasteiger partial charge in [0.2, 0.25) is 0 Å². The highest BCUT2D eigenvalue weighted by Crippen LogP contribution is 2.38. The molecule has 76 valence electrons. The monoisotopic (exact) mass is 186 g/mol. The first kappa shape index (κ1) is 10.5. The molecule has 1 fully saturated rings. The molecule has 0 aromatic rings. The quantitative estimate of drug-likeness (QED) is 0.689. The van der Waals surface area contributed by atoms with E-state index < -0.39 is 17.5 Å². The van der Waals surface area contributed by atoms with Crippen LogP contribution in [0, 0.1) is 11.3 Å². The van der Waals surface area contributed by atoms with Crippen molar-refractivity contribution in [3.63, 3.8) is 0 Å². The van der Waals surface area contributed by atoms with E-state index in [1.807, 2.05) is 0 Å². The SMILES string of the molecule is CC(C)(C(=O)O)C1CCCCC1O. The van der Waals surface area contributed by atoms with Gasteiger partial charge in [0.15, 0.2) is 0 Å². The maximum Gasteiger partial charge on any atom is 0.309 e. The zero-order valence-corrected chi connectivity index (χ0v) is 8.29. The van der Waals surface area contributed by atoms with Crippen LogP contribution in [0.4, 0.5) is 0 Å². The molecule has 0 amide bonds. The van der Waals surface area contributed by atoms with Crippen molar-refractivity contribution in [2.24, 2.45) is 11.3 Å². The van der Waals surface area contributed by atoms with Crippen LogP contribution in [0.2, 0.25) is 0 Å². The smallest absolute Gasteiger partial charge is 0.309 e. The number of carboxylic acid groups (broad SMARTS) is 1. The normalized spacial score (nSPS) is 30.1. The van der Waals surface area contributed by atoms with Crippen LogP contribution in [-0.2, 0) is 4.79 Å². The Bertz CT molecular complexity index is 198. The molecule has 0 radical (unpaired) electrons. The first-order valence-corrected chi connectivity index (χ1v) is 4.87. The summed E-state index contributed by atoms with van der Waals surface area (Å²) in [5.41, 5.74) is -0.792. The molecule has 1 aliphatic rings. The molecule has 0 bridgehead atoms. The molecule has 0 aromatic heterocycles. The van der Waals surface area contributed by atoms with Gasteiger partial charge in [-0.05, 0) is 26.7 Å². The lowest BCUT2D eigenvalue weighted by molar-refractivity contribution is -0.154. The van der Waals surface area contributed by atoms with E-state index in [9.17, 15) is 9.90 Å². The van der Waals surface area contributed by atoms with Crippen molar-refractivity contribution in [3.05, 3.63) is 0 Å². The molecule has 1 saturated carbocycles. The summed E-state index contributed by atoms with van der Waals surface area (Å²) in [7, 11) is 0. The molecule has 0 heterocycles. The third-order valence-electron chi connectivity index (χ3n) is 3.21. The second-order valence-electron chi connectivity index (χ2n) is 4.49. The molecule has 3 heteroatoms. The van der Waals surface area contributed by atoms with Crippen LogP contribution in [0.25, 0.3) is 0 Å². The third-order valence-corrected chi connectivity index (χ3v) is 3.21. The predicted molar refractivity (Wildman–Crippen MR) is 49.4 cm³/mol. The Hall–Kier alpha value is -0.570. The van der Waals surface area contributed by atoms with Crippen LogP contribution >= 0.6 is 0 Å². The molecule has 2 atom stereocenters. The van der Waals surface area contributed by atoms with Crippen LogP contribution in [0.15, 0.2) is 0 Å². The van der Waals surface area contributed by atoms with E-state index in [0.717, 1.165) is 25.7 Å². The molecule has 0 spiro atoms. The zero-order valence-electron chi connectivity index (χ0n) is 8.29. The maximum atomic E-state index is 11.0. The Balaban J connectivity index is 2.73. The van der Waals surface area contributed by atoms with Gasteiger partial charge in [0.1, 0.15) is 0 Å². The van der Waals surface area contributed by atoms with E-state index in [0.29, 0.717) is 0 Å². The lowest BCUT2D eigenvalue weighted by atomic mass is 9.69. The minimum absolute atomic E-state index is 0.0845. The van der Waals surface area contributed by atoms with E-state index >= 15 is 0 Å². The molecule has 1 rings (SSSR count). The highest BCUT2D eigenvalue weighted by molar-refractivity contribution is 5.74. The van der Waals surface area contributed by atoms with Crippen molar-refractivity contribution >= 4 is 5.97 Å². The maximum absolute atomic E-state index is 11.0. The van der Waals surface area contributed by atoms with Gasteiger partial charge in [-0.2, -0.15) is 0 Å². The fraction of sp³-hybridized carbons (Fsp3) is 0.900. The molecule has 1 aliphatic carbocycles. The van der Waals surface area contributed by atoms with Crippen molar-refractivity contribution < 1.29 is 15.0 Å². The highest BCUT2D eigenvalue weighted by atomic mass is 16.4. The summed E-state index contributed by atoms with van der Waals surface area (Å²) < 4.78 is 0. The Morgan fingerprint density at radius 1 is 1.31 bits per heavy atom. The number of rotatable bonds is 2. The molecule has 2 unspecified atom stereocenters. The summed E-state index contributed by atoms with van der Waals surface area (Å²) >= 11 is 0. The van der Waals surface area contributed by atoms with Crippen molar-refractivity contribution in [1.29, 1.82) is 0 Å². The number of hydrogen-bond donors (Lipinski definition) is 2. The van der Waals surface area contributed by atoms with Crippen LogP contribution in [-0.4, -0.2) is 22.3 Å². The zero-order chi connectivity index (χ0) is 10.1. The van der Waals surface area contributed by atoms with Crippen molar-refractivity contribution in [3.8, 4) is 0 Å². The standard InChI is InChI=1S/C10H18O3/c1-10(2,9(12)13)7-5-3-4-6-8(7)11/h7-8,11H,3-6H2,1-2H3,(H,12,13). The topological polar surface area (TPSA) is 57.5 Å². The average molecular weight is 186 g/mol. The van der Waals surface area contributed by atoms with Crippen LogP contribution in [0.3, 0.4) is 0 Å². The fourth-order valence-corrected chi connectivity index (χ4v) is 2.11. The van der Waals surface area contributed by atoms with E-state index in [-0.39, 0.29) is 5.92 Å². The van der Waals surface area contributed by atoms with Gasteiger partial charge in [-0.15, -0.1) is 0 Å². The second kappa shape index (κ2) is 3.66. The lowest BCUT2D eigenvalue weighted by Gasteiger charge is -2.37. The molecule has 0 aromatic carbocycles. The summed E-state index contributed by atoms with van der Waals surface area (Å²) in [5, 5.41) is 18.7. The Labute approximate surface area is 78.8 Å². The first-order valence-electron chi connectivity index (χ1n) is 4.87. The number of aliphatic hydroxyl groups is 1. The Morgan fingerprint density at radius 2 is 1.85 bits per heavy atom. The van der Waals surface area contributed by atoms with Crippen LogP contribution in [0.5, 0.6) is 0 Å². The van der Waals surface area contributed by atoms with Gasteiger partial charge in [-0.25, -0.2) is 0 Å². The number of carbonyl (C=O) groups is 1. The minimum atomic E-state index is -0.807. The minimum Gasteiger partial charge on any atom is -0.481 e. The Morgan fingerprint density at radius 3 is 2.31 bits per heavy atom. The molecular formula is C10H18O3. The van der Waals surface area contributed by atoms with E-state index in [1.165, 1.54) is 0 Å². The second-order valence-corrected chi connectivity index (χ2v) is 4.49. The molecule has 0 aliphatic heterocycles. The molecule has 0 saturated heterocycles. The highest BCUT2D eigenvalue weighted by Gasteiger charge is 2.41. The van der Waals surface area contributed by atoms with Gasteiger partial charge in [0.05, 0.1) is 11.5 Å².